The standard InChI is InChI=1S/C17H21NO2/c1-11-3-4-12-10-18(2)8-7-17-6-5-13(19)9-14(17)20-16(11)15(12)17/h3-6,13-14,19H,7-10H2,1-2H3/t13?,14?,17-/m0/s1. The lowest BCUT2D eigenvalue weighted by molar-refractivity contribution is 0.0833. The van der Waals surface area contributed by atoms with E-state index in [0.717, 1.165) is 25.3 Å². The van der Waals surface area contributed by atoms with Gasteiger partial charge in [0.1, 0.15) is 11.9 Å². The van der Waals surface area contributed by atoms with Crippen molar-refractivity contribution in [3.8, 4) is 5.75 Å². The van der Waals surface area contributed by atoms with E-state index in [4.69, 9.17) is 4.74 Å². The molecule has 106 valence electrons. The summed E-state index contributed by atoms with van der Waals surface area (Å²) in [5.74, 6) is 1.07. The van der Waals surface area contributed by atoms with Crippen LogP contribution in [0.25, 0.3) is 0 Å². The van der Waals surface area contributed by atoms with Crippen molar-refractivity contribution in [1.29, 1.82) is 0 Å². The Morgan fingerprint density at radius 1 is 1.40 bits per heavy atom. The fourth-order valence-corrected chi connectivity index (χ4v) is 4.07. The van der Waals surface area contributed by atoms with Crippen molar-refractivity contribution in [2.75, 3.05) is 13.6 Å². The predicted molar refractivity (Wildman–Crippen MR) is 78.0 cm³/mol. The van der Waals surface area contributed by atoms with Gasteiger partial charge in [-0.1, -0.05) is 24.3 Å². The maximum absolute atomic E-state index is 9.95. The fourth-order valence-electron chi connectivity index (χ4n) is 4.07. The molecule has 0 saturated heterocycles. The number of nitrogens with zero attached hydrogens (tertiary/aromatic N) is 1. The van der Waals surface area contributed by atoms with Gasteiger partial charge in [-0.05, 0) is 38.1 Å². The van der Waals surface area contributed by atoms with E-state index in [-0.39, 0.29) is 17.6 Å². The van der Waals surface area contributed by atoms with Crippen molar-refractivity contribution in [3.63, 3.8) is 0 Å². The number of aryl methyl sites for hydroxylation is 1. The third-order valence-electron chi connectivity index (χ3n) is 5.16. The number of hydrogen-bond donors (Lipinski definition) is 1. The number of ether oxygens (including phenoxy) is 1. The summed E-state index contributed by atoms with van der Waals surface area (Å²) < 4.78 is 6.29. The molecule has 0 saturated carbocycles. The zero-order valence-corrected chi connectivity index (χ0v) is 12.1. The van der Waals surface area contributed by atoms with Crippen LogP contribution in [0.3, 0.4) is 0 Å². The highest BCUT2D eigenvalue weighted by Gasteiger charge is 2.51. The van der Waals surface area contributed by atoms with Gasteiger partial charge in [-0.25, -0.2) is 0 Å². The second-order valence-corrected chi connectivity index (χ2v) is 6.54. The van der Waals surface area contributed by atoms with E-state index in [0.29, 0.717) is 6.42 Å². The van der Waals surface area contributed by atoms with Gasteiger partial charge in [0, 0.05) is 18.5 Å². The van der Waals surface area contributed by atoms with Gasteiger partial charge in [0.05, 0.1) is 11.5 Å². The number of aliphatic hydroxyl groups is 1. The summed E-state index contributed by atoms with van der Waals surface area (Å²) in [7, 11) is 2.18. The van der Waals surface area contributed by atoms with Gasteiger partial charge in [0.15, 0.2) is 0 Å². The van der Waals surface area contributed by atoms with Gasteiger partial charge in [0.2, 0.25) is 0 Å². The van der Waals surface area contributed by atoms with E-state index >= 15 is 0 Å². The third kappa shape index (κ3) is 1.54. The molecule has 0 amide bonds. The van der Waals surface area contributed by atoms with Crippen molar-refractivity contribution in [2.24, 2.45) is 0 Å². The normalized spacial score (nSPS) is 35.1. The Hall–Kier alpha value is -1.32. The van der Waals surface area contributed by atoms with Gasteiger partial charge in [-0.15, -0.1) is 0 Å². The van der Waals surface area contributed by atoms with Crippen LogP contribution in [0.1, 0.15) is 29.5 Å². The average molecular weight is 271 g/mol. The van der Waals surface area contributed by atoms with Crippen LogP contribution < -0.4 is 4.74 Å². The Morgan fingerprint density at radius 2 is 2.25 bits per heavy atom. The van der Waals surface area contributed by atoms with E-state index in [1.807, 2.05) is 6.08 Å². The zero-order valence-electron chi connectivity index (χ0n) is 12.1. The first-order valence-electron chi connectivity index (χ1n) is 7.46. The molecular formula is C17H21NO2. The molecule has 3 aliphatic rings. The maximum atomic E-state index is 9.95. The Bertz CT molecular complexity index is 595. The van der Waals surface area contributed by atoms with Crippen molar-refractivity contribution in [2.45, 2.75) is 43.9 Å². The first-order valence-corrected chi connectivity index (χ1v) is 7.46. The first kappa shape index (κ1) is 12.4. The average Bonchev–Trinajstić information content (AvgIpc) is 2.68. The van der Waals surface area contributed by atoms with Gasteiger partial charge >= 0.3 is 0 Å². The van der Waals surface area contributed by atoms with Crippen molar-refractivity contribution < 1.29 is 9.84 Å². The molecule has 3 nitrogen and oxygen atoms in total. The molecule has 1 spiro atoms. The van der Waals surface area contributed by atoms with E-state index in [9.17, 15) is 5.11 Å². The van der Waals surface area contributed by atoms with Gasteiger partial charge < -0.3 is 14.7 Å². The van der Waals surface area contributed by atoms with Crippen molar-refractivity contribution in [3.05, 3.63) is 41.0 Å². The summed E-state index contributed by atoms with van der Waals surface area (Å²) in [6.07, 6.45) is 5.68. The van der Waals surface area contributed by atoms with Crippen LogP contribution in [0.5, 0.6) is 5.75 Å². The highest BCUT2D eigenvalue weighted by atomic mass is 16.5. The van der Waals surface area contributed by atoms with Crippen LogP contribution in [-0.4, -0.2) is 35.8 Å². The summed E-state index contributed by atoms with van der Waals surface area (Å²) in [4.78, 5) is 2.38. The van der Waals surface area contributed by atoms with Gasteiger partial charge in [-0.2, -0.15) is 0 Å². The quantitative estimate of drug-likeness (QED) is 0.734. The van der Waals surface area contributed by atoms with Crippen LogP contribution in [0.2, 0.25) is 0 Å². The van der Waals surface area contributed by atoms with Gasteiger partial charge in [-0.3, -0.25) is 0 Å². The molecule has 0 bridgehead atoms. The van der Waals surface area contributed by atoms with Gasteiger partial charge in [0.25, 0.3) is 0 Å². The smallest absolute Gasteiger partial charge is 0.127 e. The molecule has 1 aromatic rings. The van der Waals surface area contributed by atoms with Crippen molar-refractivity contribution >= 4 is 0 Å². The minimum Gasteiger partial charge on any atom is -0.488 e. The van der Waals surface area contributed by atoms with Crippen LogP contribution in [-0.2, 0) is 12.0 Å². The summed E-state index contributed by atoms with van der Waals surface area (Å²) in [5, 5.41) is 9.95. The van der Waals surface area contributed by atoms with Crippen molar-refractivity contribution in [1.82, 2.24) is 4.90 Å². The highest BCUT2D eigenvalue weighted by Crippen LogP contribution is 2.53. The Balaban J connectivity index is 1.96. The third-order valence-corrected chi connectivity index (χ3v) is 5.16. The number of benzene rings is 1. The first-order chi connectivity index (χ1) is 9.60. The predicted octanol–water partition coefficient (Wildman–Crippen LogP) is 2.15. The SMILES string of the molecule is Cc1ccc2c3c1OC1CC(O)C=C[C@@]31CCN(C)C2. The molecule has 1 aromatic carbocycles. The molecule has 1 aliphatic carbocycles. The Labute approximate surface area is 119 Å². The number of rotatable bonds is 0. The molecule has 2 heterocycles. The molecule has 4 rings (SSSR count). The van der Waals surface area contributed by atoms with Crippen LogP contribution in [0.4, 0.5) is 0 Å². The lowest BCUT2D eigenvalue weighted by Gasteiger charge is -2.35. The highest BCUT2D eigenvalue weighted by molar-refractivity contribution is 5.57. The molecule has 0 radical (unpaired) electrons. The van der Waals surface area contributed by atoms with E-state index in [1.165, 1.54) is 16.7 Å². The lowest BCUT2D eigenvalue weighted by atomic mass is 9.69. The second-order valence-electron chi connectivity index (χ2n) is 6.54. The molecular weight excluding hydrogens is 250 g/mol. The Morgan fingerprint density at radius 3 is 3.10 bits per heavy atom. The molecule has 3 atom stereocenters. The lowest BCUT2D eigenvalue weighted by Crippen LogP contribution is -2.42. The summed E-state index contributed by atoms with van der Waals surface area (Å²) in [6, 6.07) is 4.42. The largest absolute Gasteiger partial charge is 0.488 e. The molecule has 2 aliphatic heterocycles. The second kappa shape index (κ2) is 4.09. The fraction of sp³-hybridized carbons (Fsp3) is 0.529. The molecule has 0 fully saturated rings. The number of hydrogen-bond acceptors (Lipinski definition) is 3. The molecule has 3 heteroatoms. The molecule has 0 aromatic heterocycles. The van der Waals surface area contributed by atoms with E-state index in [2.05, 4.69) is 37.1 Å². The maximum Gasteiger partial charge on any atom is 0.127 e. The van der Waals surface area contributed by atoms with E-state index < -0.39 is 0 Å². The molecule has 2 unspecified atom stereocenters. The van der Waals surface area contributed by atoms with E-state index in [1.54, 1.807) is 0 Å². The Kier molecular flexibility index (Phi) is 2.54. The van der Waals surface area contributed by atoms with Crippen LogP contribution in [0, 0.1) is 6.92 Å². The summed E-state index contributed by atoms with van der Waals surface area (Å²) in [6.45, 7) is 4.17. The monoisotopic (exact) mass is 271 g/mol. The van der Waals surface area contributed by atoms with Crippen LogP contribution in [0.15, 0.2) is 24.3 Å². The summed E-state index contributed by atoms with van der Waals surface area (Å²) in [5.41, 5.74) is 3.95. The summed E-state index contributed by atoms with van der Waals surface area (Å²) >= 11 is 0. The zero-order chi connectivity index (χ0) is 13.9. The minimum atomic E-state index is -0.371. The molecule has 20 heavy (non-hydrogen) atoms. The number of aliphatic hydroxyl groups excluding tert-OH is 1. The topological polar surface area (TPSA) is 32.7 Å². The minimum absolute atomic E-state index is 0.0271. The van der Waals surface area contributed by atoms with Crippen LogP contribution >= 0.6 is 0 Å². The molecule has 1 N–H and O–H groups in total.